The van der Waals surface area contributed by atoms with Gasteiger partial charge in [0.05, 0.1) is 17.5 Å². The van der Waals surface area contributed by atoms with Crippen molar-refractivity contribution in [2.75, 3.05) is 0 Å². The fourth-order valence-electron chi connectivity index (χ4n) is 1.61. The van der Waals surface area contributed by atoms with Crippen molar-refractivity contribution in [3.8, 4) is 11.3 Å². The van der Waals surface area contributed by atoms with Gasteiger partial charge in [0.15, 0.2) is 0 Å². The normalized spacial score (nSPS) is 10.4. The highest BCUT2D eigenvalue weighted by Crippen LogP contribution is 2.20. The first kappa shape index (κ1) is 10.4. The second kappa shape index (κ2) is 3.77. The van der Waals surface area contributed by atoms with Crippen LogP contribution in [0.15, 0.2) is 24.4 Å². The van der Waals surface area contributed by atoms with Crippen molar-refractivity contribution in [1.29, 1.82) is 0 Å². The minimum Gasteiger partial charge on any atom is -0.364 e. The van der Waals surface area contributed by atoms with Gasteiger partial charge in [0, 0.05) is 12.7 Å². The summed E-state index contributed by atoms with van der Waals surface area (Å²) in [5.74, 6) is -0.502. The van der Waals surface area contributed by atoms with E-state index in [-0.39, 0.29) is 0 Å². The summed E-state index contributed by atoms with van der Waals surface area (Å²) in [6.07, 6.45) is 1.60. The second-order valence-corrected chi connectivity index (χ2v) is 3.56. The maximum atomic E-state index is 11.3. The average Bonchev–Trinajstić information content (AvgIpc) is 2.60. The molecule has 82 valence electrons. The number of rotatable bonds is 2. The lowest BCUT2D eigenvalue weighted by Crippen LogP contribution is -2.17. The Kier molecular flexibility index (Phi) is 2.44. The van der Waals surface area contributed by atoms with Gasteiger partial charge in [-0.2, -0.15) is 5.10 Å². The number of carbonyl (C=O) groups is 1. The van der Waals surface area contributed by atoms with E-state index >= 15 is 0 Å². The molecule has 1 amide bonds. The number of carbonyl (C=O) groups excluding carboxylic acids is 1. The van der Waals surface area contributed by atoms with E-state index < -0.39 is 5.91 Å². The molecule has 2 aromatic rings. The molecule has 2 heterocycles. The Morgan fingerprint density at radius 1 is 1.44 bits per heavy atom. The van der Waals surface area contributed by atoms with Gasteiger partial charge in [-0.1, -0.05) is 6.07 Å². The summed E-state index contributed by atoms with van der Waals surface area (Å²) in [6.45, 7) is 1.89. The molecule has 2 aromatic heterocycles. The summed E-state index contributed by atoms with van der Waals surface area (Å²) in [6, 6.07) is 5.61. The molecular weight excluding hydrogens is 204 g/mol. The first-order valence-electron chi connectivity index (χ1n) is 4.85. The van der Waals surface area contributed by atoms with Crippen LogP contribution in [0.2, 0.25) is 0 Å². The minimum absolute atomic E-state index is 0.373. The van der Waals surface area contributed by atoms with Gasteiger partial charge in [0.1, 0.15) is 5.69 Å². The Morgan fingerprint density at radius 3 is 2.81 bits per heavy atom. The molecule has 2 rings (SSSR count). The summed E-state index contributed by atoms with van der Waals surface area (Å²) >= 11 is 0. The molecule has 16 heavy (non-hydrogen) atoms. The van der Waals surface area contributed by atoms with Crippen molar-refractivity contribution < 1.29 is 4.79 Å². The lowest BCUT2D eigenvalue weighted by atomic mass is 10.1. The first-order valence-corrected chi connectivity index (χ1v) is 4.85. The number of amides is 1. The fourth-order valence-corrected chi connectivity index (χ4v) is 1.61. The van der Waals surface area contributed by atoms with Gasteiger partial charge in [-0.05, 0) is 19.1 Å². The van der Waals surface area contributed by atoms with Gasteiger partial charge in [-0.3, -0.25) is 14.5 Å². The van der Waals surface area contributed by atoms with Crippen LogP contribution >= 0.6 is 0 Å². The Hall–Kier alpha value is -2.17. The highest BCUT2D eigenvalue weighted by atomic mass is 16.1. The van der Waals surface area contributed by atoms with Crippen LogP contribution in [0.25, 0.3) is 11.3 Å². The van der Waals surface area contributed by atoms with Crippen molar-refractivity contribution in [2.45, 2.75) is 6.92 Å². The number of nitrogens with zero attached hydrogens (tertiary/aromatic N) is 3. The largest absolute Gasteiger partial charge is 0.364 e. The predicted octanol–water partition coefficient (Wildman–Crippen LogP) is 0.889. The van der Waals surface area contributed by atoms with E-state index in [0.717, 1.165) is 5.69 Å². The van der Waals surface area contributed by atoms with Gasteiger partial charge < -0.3 is 5.73 Å². The number of primary amides is 1. The summed E-state index contributed by atoms with van der Waals surface area (Å²) in [7, 11) is 1.68. The molecule has 0 aliphatic heterocycles. The zero-order valence-electron chi connectivity index (χ0n) is 9.14. The van der Waals surface area contributed by atoms with Gasteiger partial charge in [0.2, 0.25) is 0 Å². The highest BCUT2D eigenvalue weighted by Gasteiger charge is 2.16. The molecule has 0 aliphatic rings. The standard InChI is InChI=1S/C11H12N4O/c1-7-4-3-5-9(14-7)8-6-13-15(2)10(8)11(12)16/h3-6H,1-2H3,(H2,12,16). The fraction of sp³-hybridized carbons (Fsp3) is 0.182. The molecule has 0 saturated carbocycles. The highest BCUT2D eigenvalue weighted by molar-refractivity contribution is 5.97. The molecule has 0 saturated heterocycles. The van der Waals surface area contributed by atoms with E-state index in [9.17, 15) is 4.79 Å². The number of nitrogens with two attached hydrogens (primary N) is 1. The molecule has 0 bridgehead atoms. The predicted molar refractivity (Wildman–Crippen MR) is 59.7 cm³/mol. The zero-order chi connectivity index (χ0) is 11.7. The Bertz CT molecular complexity index is 545. The van der Waals surface area contributed by atoms with Crippen LogP contribution < -0.4 is 5.73 Å². The lowest BCUT2D eigenvalue weighted by Gasteiger charge is -2.02. The quantitative estimate of drug-likeness (QED) is 0.810. The molecule has 5 nitrogen and oxygen atoms in total. The average molecular weight is 216 g/mol. The molecule has 0 aliphatic carbocycles. The third kappa shape index (κ3) is 1.67. The number of hydrogen-bond donors (Lipinski definition) is 1. The number of aryl methyl sites for hydroxylation is 2. The number of aromatic nitrogens is 3. The molecule has 0 spiro atoms. The minimum atomic E-state index is -0.502. The topological polar surface area (TPSA) is 73.8 Å². The Labute approximate surface area is 92.9 Å². The van der Waals surface area contributed by atoms with E-state index in [4.69, 9.17) is 5.73 Å². The van der Waals surface area contributed by atoms with Gasteiger partial charge >= 0.3 is 0 Å². The Morgan fingerprint density at radius 2 is 2.19 bits per heavy atom. The zero-order valence-corrected chi connectivity index (χ0v) is 9.14. The smallest absolute Gasteiger partial charge is 0.267 e. The van der Waals surface area contributed by atoms with E-state index in [1.165, 1.54) is 4.68 Å². The van der Waals surface area contributed by atoms with Gasteiger partial charge in [-0.25, -0.2) is 0 Å². The maximum absolute atomic E-state index is 11.3. The molecule has 0 atom stereocenters. The molecule has 5 heteroatoms. The van der Waals surface area contributed by atoms with E-state index in [0.29, 0.717) is 17.0 Å². The number of hydrogen-bond acceptors (Lipinski definition) is 3. The summed E-state index contributed by atoms with van der Waals surface area (Å²) < 4.78 is 1.46. The summed E-state index contributed by atoms with van der Waals surface area (Å²) in [5.41, 5.74) is 7.94. The molecular formula is C11H12N4O. The van der Waals surface area contributed by atoms with Crippen LogP contribution in [0.3, 0.4) is 0 Å². The summed E-state index contributed by atoms with van der Waals surface area (Å²) in [4.78, 5) is 15.6. The van der Waals surface area contributed by atoms with Crippen molar-refractivity contribution in [2.24, 2.45) is 12.8 Å². The van der Waals surface area contributed by atoms with Crippen LogP contribution in [-0.2, 0) is 7.05 Å². The molecule has 0 aromatic carbocycles. The third-order valence-electron chi connectivity index (χ3n) is 2.34. The van der Waals surface area contributed by atoms with Crippen LogP contribution in [-0.4, -0.2) is 20.7 Å². The van der Waals surface area contributed by atoms with E-state index in [1.54, 1.807) is 13.2 Å². The van der Waals surface area contributed by atoms with Crippen LogP contribution in [0.1, 0.15) is 16.2 Å². The van der Waals surface area contributed by atoms with Gasteiger partial charge in [0.25, 0.3) is 5.91 Å². The van der Waals surface area contributed by atoms with E-state index in [2.05, 4.69) is 10.1 Å². The summed E-state index contributed by atoms with van der Waals surface area (Å²) in [5, 5.41) is 4.02. The van der Waals surface area contributed by atoms with Crippen molar-refractivity contribution in [3.05, 3.63) is 35.8 Å². The van der Waals surface area contributed by atoms with Gasteiger partial charge in [-0.15, -0.1) is 0 Å². The molecule has 0 unspecified atom stereocenters. The van der Waals surface area contributed by atoms with Crippen LogP contribution in [0.5, 0.6) is 0 Å². The lowest BCUT2D eigenvalue weighted by molar-refractivity contribution is 0.0992. The van der Waals surface area contributed by atoms with Crippen molar-refractivity contribution in [3.63, 3.8) is 0 Å². The third-order valence-corrected chi connectivity index (χ3v) is 2.34. The van der Waals surface area contributed by atoms with Crippen molar-refractivity contribution >= 4 is 5.91 Å². The molecule has 0 fully saturated rings. The number of pyridine rings is 1. The Balaban J connectivity index is 2.60. The van der Waals surface area contributed by atoms with Crippen LogP contribution in [0, 0.1) is 6.92 Å². The first-order chi connectivity index (χ1) is 7.59. The monoisotopic (exact) mass is 216 g/mol. The van der Waals surface area contributed by atoms with Crippen molar-refractivity contribution in [1.82, 2.24) is 14.8 Å². The van der Waals surface area contributed by atoms with Crippen LogP contribution in [0.4, 0.5) is 0 Å². The second-order valence-electron chi connectivity index (χ2n) is 3.56. The SMILES string of the molecule is Cc1cccc(-c2cnn(C)c2C(N)=O)n1. The molecule has 0 radical (unpaired) electrons. The van der Waals surface area contributed by atoms with E-state index in [1.807, 2.05) is 25.1 Å². The molecule has 2 N–H and O–H groups in total. The maximum Gasteiger partial charge on any atom is 0.267 e.